The van der Waals surface area contributed by atoms with Crippen LogP contribution in [-0.4, -0.2) is 21.7 Å². The fourth-order valence-corrected chi connectivity index (χ4v) is 5.98. The Morgan fingerprint density at radius 2 is 0.680 bits per heavy atom. The molecule has 0 aromatic heterocycles. The smallest absolute Gasteiger partial charge is 0.250 e. The fraction of sp³-hybridized carbons (Fsp3) is 0.591. The summed E-state index contributed by atoms with van der Waals surface area (Å²) in [4.78, 5) is 0. The van der Waals surface area contributed by atoms with Crippen LogP contribution in [0, 0.1) is 55.4 Å². The predicted molar refractivity (Wildman–Crippen MR) is 233 cm³/mol. The molecule has 0 atom stereocenters. The number of phenols is 1. The van der Waals surface area contributed by atoms with Crippen LogP contribution in [0.5, 0.6) is 17.2 Å². The predicted octanol–water partition coefficient (Wildman–Crippen LogP) is 14.7. The number of hydrogen-bond donors (Lipinski definition) is 2. The van der Waals surface area contributed by atoms with E-state index in [1.54, 1.807) is 12.1 Å². The van der Waals surface area contributed by atoms with Crippen molar-refractivity contribution in [2.45, 2.75) is 175 Å². The topological polar surface area (TPSA) is 64.7 Å². The van der Waals surface area contributed by atoms with E-state index in [0.29, 0.717) is 5.75 Å². The molecular formula is C44H81NO3Si2. The number of nitrogen functional groups attached to an aromatic ring is 1. The van der Waals surface area contributed by atoms with Crippen LogP contribution >= 0.6 is 0 Å². The largest absolute Gasteiger partial charge is 0.543 e. The Kier molecular flexibility index (Phi) is 23.0. The third-order valence-corrected chi connectivity index (χ3v) is 18.5. The zero-order valence-electron chi connectivity index (χ0n) is 37.3. The van der Waals surface area contributed by atoms with Gasteiger partial charge in [0.15, 0.2) is 0 Å². The molecule has 0 aliphatic heterocycles. The number of nitrogens with two attached hydrogens (primary N) is 1. The van der Waals surface area contributed by atoms with Crippen LogP contribution in [0.3, 0.4) is 0 Å². The lowest BCUT2D eigenvalue weighted by Crippen LogP contribution is -2.43. The summed E-state index contributed by atoms with van der Waals surface area (Å²) in [5.41, 5.74) is 16.6. The van der Waals surface area contributed by atoms with Crippen LogP contribution < -0.4 is 14.6 Å². The minimum Gasteiger partial charge on any atom is -0.543 e. The van der Waals surface area contributed by atoms with Crippen molar-refractivity contribution in [3.8, 4) is 17.2 Å². The van der Waals surface area contributed by atoms with Gasteiger partial charge in [-0.2, -0.15) is 0 Å². The number of hydrogen-bond acceptors (Lipinski definition) is 4. The molecule has 6 heteroatoms. The molecule has 0 heterocycles. The summed E-state index contributed by atoms with van der Waals surface area (Å²) in [5.74, 6) is 2.36. The maximum Gasteiger partial charge on any atom is 0.250 e. The summed E-state index contributed by atoms with van der Waals surface area (Å²) in [6.45, 7) is 51.2. The Hall–Kier alpha value is -2.71. The number of aryl methyl sites for hydroxylation is 6. The molecule has 0 unspecified atom stereocenters. The average molecular weight is 728 g/mol. The average Bonchev–Trinajstić information content (AvgIpc) is 2.99. The second-order valence-electron chi connectivity index (χ2n) is 15.6. The third kappa shape index (κ3) is 16.5. The van der Waals surface area contributed by atoms with Gasteiger partial charge in [0.05, 0.1) is 0 Å². The van der Waals surface area contributed by atoms with Crippen molar-refractivity contribution in [1.29, 1.82) is 0 Å². The molecule has 0 saturated carbocycles. The maximum absolute atomic E-state index is 9.12. The van der Waals surface area contributed by atoms with Gasteiger partial charge in [-0.3, -0.25) is 0 Å². The van der Waals surface area contributed by atoms with Gasteiger partial charge in [-0.25, -0.2) is 0 Å². The first-order chi connectivity index (χ1) is 22.7. The molecule has 0 aliphatic rings. The van der Waals surface area contributed by atoms with Crippen LogP contribution in [0.1, 0.15) is 128 Å². The molecule has 288 valence electrons. The minimum absolute atomic E-state index is 0.218. The molecule has 3 aromatic rings. The first-order valence-electron chi connectivity index (χ1n) is 18.8. The quantitative estimate of drug-likeness (QED) is 0.207. The molecule has 50 heavy (non-hydrogen) atoms. The van der Waals surface area contributed by atoms with E-state index in [-0.39, 0.29) is 10.1 Å². The van der Waals surface area contributed by atoms with Gasteiger partial charge in [-0.05, 0) is 173 Å². The van der Waals surface area contributed by atoms with Crippen molar-refractivity contribution in [2.24, 2.45) is 0 Å². The number of phenolic OH excluding ortho intramolecular Hbond substituents is 1. The Labute approximate surface area is 313 Å². The Balaban J connectivity index is -0.000000631. The van der Waals surface area contributed by atoms with Gasteiger partial charge < -0.3 is 19.7 Å². The van der Waals surface area contributed by atoms with Crippen LogP contribution in [0.15, 0.2) is 36.4 Å². The van der Waals surface area contributed by atoms with Crippen LogP contribution in [-0.2, 0) is 0 Å². The highest BCUT2D eigenvalue weighted by atomic mass is 28.4. The summed E-state index contributed by atoms with van der Waals surface area (Å²) in [6.07, 6.45) is 0. The second kappa shape index (κ2) is 22.3. The lowest BCUT2D eigenvalue weighted by molar-refractivity contribution is 0.474. The lowest BCUT2D eigenvalue weighted by Gasteiger charge is -2.36. The van der Waals surface area contributed by atoms with E-state index in [0.717, 1.165) is 39.4 Å². The molecule has 3 N–H and O–H groups in total. The summed E-state index contributed by atoms with van der Waals surface area (Å²) in [7, 11) is -3.46. The standard InChI is InChI=1S/C15H26OSi.C14H25NOSi.C9H12O.3C2H6/c1-11-9-14(10-12(2)13(11)3)16-17(7,8)15(4,5)6;1-10-8-12(9-11(2)13(10)15)16-17(6,7)14(3,4)5;1-6-4-9(10)5-7(2)8(6)3;3*1-2/h9-10H,1-8H3;8-9H,15H2,1-7H3;4-5,10H,1-3H3;3*1-2H3. The van der Waals surface area contributed by atoms with Crippen molar-refractivity contribution >= 4 is 22.3 Å². The van der Waals surface area contributed by atoms with Crippen LogP contribution in [0.4, 0.5) is 5.69 Å². The van der Waals surface area contributed by atoms with Gasteiger partial charge in [0.25, 0.3) is 0 Å². The van der Waals surface area contributed by atoms with Crippen molar-refractivity contribution in [2.75, 3.05) is 5.73 Å². The van der Waals surface area contributed by atoms with Gasteiger partial charge >= 0.3 is 0 Å². The molecule has 0 radical (unpaired) electrons. The SMILES string of the molecule is CC.CC.CC.Cc1cc(O)cc(C)c1C.Cc1cc(O[Si](C)(C)C(C)(C)C)cc(C)c1C.Cc1cc(O[Si](C)(C)C(C)(C)C)cc(C)c1N. The zero-order valence-corrected chi connectivity index (χ0v) is 39.3. The highest BCUT2D eigenvalue weighted by Gasteiger charge is 2.39. The van der Waals surface area contributed by atoms with E-state index < -0.39 is 16.6 Å². The summed E-state index contributed by atoms with van der Waals surface area (Å²) in [6, 6.07) is 12.0. The second-order valence-corrected chi connectivity index (χ2v) is 25.0. The molecule has 0 aliphatic carbocycles. The van der Waals surface area contributed by atoms with Gasteiger partial charge in [-0.15, -0.1) is 0 Å². The van der Waals surface area contributed by atoms with E-state index in [1.807, 2.05) is 81.4 Å². The summed E-state index contributed by atoms with van der Waals surface area (Å²) in [5, 5.41) is 9.59. The first-order valence-corrected chi connectivity index (χ1v) is 24.6. The molecule has 4 nitrogen and oxygen atoms in total. The van der Waals surface area contributed by atoms with Crippen molar-refractivity contribution < 1.29 is 14.0 Å². The molecular weight excluding hydrogens is 647 g/mol. The molecule has 0 spiro atoms. The van der Waals surface area contributed by atoms with E-state index >= 15 is 0 Å². The number of anilines is 1. The maximum atomic E-state index is 9.12. The first kappa shape index (κ1) is 51.7. The van der Waals surface area contributed by atoms with Crippen LogP contribution in [0.25, 0.3) is 0 Å². The zero-order chi connectivity index (χ0) is 40.6. The monoisotopic (exact) mass is 728 g/mol. The van der Waals surface area contributed by atoms with E-state index in [1.165, 1.54) is 22.3 Å². The van der Waals surface area contributed by atoms with Gasteiger partial charge in [-0.1, -0.05) is 83.1 Å². The molecule has 3 aromatic carbocycles. The van der Waals surface area contributed by atoms with E-state index in [9.17, 15) is 0 Å². The Morgan fingerprint density at radius 3 is 0.920 bits per heavy atom. The summed E-state index contributed by atoms with van der Waals surface area (Å²) < 4.78 is 12.6. The Morgan fingerprint density at radius 1 is 0.460 bits per heavy atom. The summed E-state index contributed by atoms with van der Waals surface area (Å²) >= 11 is 0. The number of rotatable bonds is 4. The fourth-order valence-electron chi connectivity index (χ4n) is 3.96. The van der Waals surface area contributed by atoms with E-state index in [4.69, 9.17) is 19.7 Å². The van der Waals surface area contributed by atoms with E-state index in [2.05, 4.69) is 108 Å². The Bertz CT molecular complexity index is 1280. The number of benzene rings is 3. The molecule has 3 rings (SSSR count). The molecule has 0 bridgehead atoms. The lowest BCUT2D eigenvalue weighted by atomic mass is 10.0. The highest BCUT2D eigenvalue weighted by molar-refractivity contribution is 6.75. The van der Waals surface area contributed by atoms with Crippen molar-refractivity contribution in [3.63, 3.8) is 0 Å². The van der Waals surface area contributed by atoms with Crippen molar-refractivity contribution in [1.82, 2.24) is 0 Å². The van der Waals surface area contributed by atoms with Crippen molar-refractivity contribution in [3.05, 3.63) is 80.9 Å². The highest BCUT2D eigenvalue weighted by Crippen LogP contribution is 2.39. The third-order valence-electron chi connectivity index (χ3n) is 9.74. The van der Waals surface area contributed by atoms with Gasteiger partial charge in [0.1, 0.15) is 17.2 Å². The minimum atomic E-state index is -1.75. The number of aromatic hydroxyl groups is 1. The molecule has 0 fully saturated rings. The van der Waals surface area contributed by atoms with Gasteiger partial charge in [0, 0.05) is 5.69 Å². The van der Waals surface area contributed by atoms with Gasteiger partial charge in [0.2, 0.25) is 16.6 Å². The molecule has 0 saturated heterocycles. The molecule has 0 amide bonds. The van der Waals surface area contributed by atoms with Crippen LogP contribution in [0.2, 0.25) is 36.3 Å². The normalized spacial score (nSPS) is 11.0.